The molecule has 23 heavy (non-hydrogen) atoms. The smallest absolute Gasteiger partial charge is 0.253 e. The Balaban J connectivity index is 1.65. The lowest BCUT2D eigenvalue weighted by Crippen LogP contribution is -2.34. The Kier molecular flexibility index (Phi) is 4.10. The third kappa shape index (κ3) is 3.23. The molecule has 1 aromatic carbocycles. The summed E-state index contributed by atoms with van der Waals surface area (Å²) in [5, 5.41) is 2.87. The molecule has 1 aliphatic heterocycles. The van der Waals surface area contributed by atoms with Gasteiger partial charge in [0.05, 0.1) is 12.4 Å². The Labute approximate surface area is 131 Å². The monoisotopic (exact) mass is 317 g/mol. The maximum absolute atomic E-state index is 13.2. The van der Waals surface area contributed by atoms with Gasteiger partial charge in [-0.2, -0.15) is 0 Å². The molecule has 1 aromatic heterocycles. The van der Waals surface area contributed by atoms with Crippen LogP contribution in [0, 0.1) is 5.82 Å². The number of benzene rings is 1. The number of nitrogens with zero attached hydrogens (tertiary/aromatic N) is 2. The van der Waals surface area contributed by atoms with E-state index in [-0.39, 0.29) is 42.4 Å². The van der Waals surface area contributed by atoms with Crippen LogP contribution >= 0.6 is 0 Å². The molecule has 0 spiro atoms. The SMILES string of the molecule is C[C@H]1Oc2cc(F)ccc2[C@H]1NC(=O)CCn1cnccc1=O. The fraction of sp³-hybridized carbons (Fsp3) is 0.312. The minimum atomic E-state index is -0.376. The number of ether oxygens (including phenoxy) is 1. The number of aryl methyl sites for hydroxylation is 1. The summed E-state index contributed by atoms with van der Waals surface area (Å²) in [4.78, 5) is 27.5. The Morgan fingerprint density at radius 1 is 1.43 bits per heavy atom. The van der Waals surface area contributed by atoms with Crippen molar-refractivity contribution in [3.63, 3.8) is 0 Å². The second-order valence-corrected chi connectivity index (χ2v) is 5.41. The van der Waals surface area contributed by atoms with Crippen molar-refractivity contribution in [2.24, 2.45) is 0 Å². The zero-order valence-corrected chi connectivity index (χ0v) is 12.5. The number of hydrogen-bond donors (Lipinski definition) is 1. The van der Waals surface area contributed by atoms with Gasteiger partial charge in [-0.25, -0.2) is 9.37 Å². The van der Waals surface area contributed by atoms with E-state index in [1.54, 1.807) is 6.07 Å². The van der Waals surface area contributed by atoms with Crippen molar-refractivity contribution < 1.29 is 13.9 Å². The molecular weight excluding hydrogens is 301 g/mol. The molecule has 0 fully saturated rings. The third-order valence-electron chi connectivity index (χ3n) is 3.78. The summed E-state index contributed by atoms with van der Waals surface area (Å²) >= 11 is 0. The molecule has 1 amide bonds. The van der Waals surface area contributed by atoms with Gasteiger partial charge in [-0.05, 0) is 13.0 Å². The molecule has 0 saturated carbocycles. The van der Waals surface area contributed by atoms with Crippen LogP contribution in [0.2, 0.25) is 0 Å². The van der Waals surface area contributed by atoms with Gasteiger partial charge in [0.25, 0.3) is 5.56 Å². The predicted molar refractivity (Wildman–Crippen MR) is 80.5 cm³/mol. The highest BCUT2D eigenvalue weighted by atomic mass is 19.1. The first kappa shape index (κ1) is 15.2. The van der Waals surface area contributed by atoms with Crippen LogP contribution in [0.15, 0.2) is 41.6 Å². The highest BCUT2D eigenvalue weighted by Crippen LogP contribution is 2.36. The van der Waals surface area contributed by atoms with Crippen molar-refractivity contribution in [3.05, 3.63) is 58.5 Å². The Morgan fingerprint density at radius 2 is 2.26 bits per heavy atom. The maximum Gasteiger partial charge on any atom is 0.253 e. The molecule has 0 unspecified atom stereocenters. The molecule has 0 radical (unpaired) electrons. The van der Waals surface area contributed by atoms with Crippen LogP contribution in [-0.4, -0.2) is 21.6 Å². The molecular formula is C16H16FN3O3. The topological polar surface area (TPSA) is 73.2 Å². The van der Waals surface area contributed by atoms with Crippen LogP contribution in [-0.2, 0) is 11.3 Å². The van der Waals surface area contributed by atoms with Crippen LogP contribution in [0.5, 0.6) is 5.75 Å². The first-order valence-electron chi connectivity index (χ1n) is 7.30. The number of rotatable bonds is 4. The van der Waals surface area contributed by atoms with Gasteiger partial charge in [0.1, 0.15) is 17.7 Å². The molecule has 7 heteroatoms. The average molecular weight is 317 g/mol. The molecule has 2 heterocycles. The van der Waals surface area contributed by atoms with E-state index < -0.39 is 0 Å². The standard InChI is InChI=1S/C16H16FN3O3/c1-10-16(12-3-2-11(17)8-13(12)23-10)19-14(21)5-7-20-9-18-6-4-15(20)22/h2-4,6,8-10,16H,5,7H2,1H3,(H,19,21)/t10-,16+/m1/s1. The van der Waals surface area contributed by atoms with Gasteiger partial charge >= 0.3 is 0 Å². The van der Waals surface area contributed by atoms with Crippen LogP contribution in [0.1, 0.15) is 24.9 Å². The second-order valence-electron chi connectivity index (χ2n) is 5.41. The quantitative estimate of drug-likeness (QED) is 0.925. The number of carbonyl (C=O) groups excluding carboxylic acids is 1. The first-order chi connectivity index (χ1) is 11.0. The molecule has 2 atom stereocenters. The highest BCUT2D eigenvalue weighted by Gasteiger charge is 2.32. The number of fused-ring (bicyclic) bond motifs is 1. The lowest BCUT2D eigenvalue weighted by Gasteiger charge is -2.17. The van der Waals surface area contributed by atoms with Crippen molar-refractivity contribution >= 4 is 5.91 Å². The minimum absolute atomic E-state index is 0.144. The van der Waals surface area contributed by atoms with Gasteiger partial charge in [-0.1, -0.05) is 6.07 Å². The van der Waals surface area contributed by atoms with Crippen LogP contribution < -0.4 is 15.6 Å². The molecule has 1 aliphatic rings. The first-order valence-corrected chi connectivity index (χ1v) is 7.30. The predicted octanol–water partition coefficient (Wildman–Crippen LogP) is 1.41. The second kappa shape index (κ2) is 6.20. The molecule has 0 saturated heterocycles. The van der Waals surface area contributed by atoms with Crippen molar-refractivity contribution in [3.8, 4) is 5.75 Å². The van der Waals surface area contributed by atoms with Gasteiger partial charge in [0, 0.05) is 36.9 Å². The lowest BCUT2D eigenvalue weighted by atomic mass is 10.0. The van der Waals surface area contributed by atoms with E-state index in [9.17, 15) is 14.0 Å². The van der Waals surface area contributed by atoms with E-state index in [2.05, 4.69) is 10.3 Å². The minimum Gasteiger partial charge on any atom is -0.488 e. The summed E-state index contributed by atoms with van der Waals surface area (Å²) in [6.07, 6.45) is 2.67. The van der Waals surface area contributed by atoms with Gasteiger partial charge in [-0.15, -0.1) is 0 Å². The lowest BCUT2D eigenvalue weighted by molar-refractivity contribution is -0.122. The zero-order chi connectivity index (χ0) is 16.4. The van der Waals surface area contributed by atoms with Gasteiger partial charge < -0.3 is 10.1 Å². The summed E-state index contributed by atoms with van der Waals surface area (Å²) in [6.45, 7) is 2.06. The summed E-state index contributed by atoms with van der Waals surface area (Å²) in [5.41, 5.74) is 0.553. The molecule has 0 aliphatic carbocycles. The maximum atomic E-state index is 13.2. The fourth-order valence-electron chi connectivity index (χ4n) is 2.60. The molecule has 3 rings (SSSR count). The van der Waals surface area contributed by atoms with E-state index >= 15 is 0 Å². The Hall–Kier alpha value is -2.70. The van der Waals surface area contributed by atoms with E-state index in [0.717, 1.165) is 5.56 Å². The summed E-state index contributed by atoms with van der Waals surface area (Å²) < 4.78 is 20.2. The van der Waals surface area contributed by atoms with Crippen LogP contribution in [0.4, 0.5) is 4.39 Å². The number of aromatic nitrogens is 2. The summed E-state index contributed by atoms with van der Waals surface area (Å²) in [7, 11) is 0. The van der Waals surface area contributed by atoms with E-state index in [1.165, 1.54) is 35.3 Å². The molecule has 2 aromatic rings. The molecule has 1 N–H and O–H groups in total. The normalized spacial score (nSPS) is 19.0. The highest BCUT2D eigenvalue weighted by molar-refractivity contribution is 5.76. The van der Waals surface area contributed by atoms with Gasteiger partial charge in [0.15, 0.2) is 0 Å². The Bertz CT molecular complexity index is 790. The van der Waals surface area contributed by atoms with Crippen LogP contribution in [0.25, 0.3) is 0 Å². The van der Waals surface area contributed by atoms with Gasteiger partial charge in [-0.3, -0.25) is 14.2 Å². The number of carbonyl (C=O) groups is 1. The Morgan fingerprint density at radius 3 is 3.04 bits per heavy atom. The van der Waals surface area contributed by atoms with Crippen molar-refractivity contribution in [2.75, 3.05) is 0 Å². The molecule has 120 valence electrons. The third-order valence-corrected chi connectivity index (χ3v) is 3.78. The summed E-state index contributed by atoms with van der Waals surface area (Å²) in [5.74, 6) is -0.136. The van der Waals surface area contributed by atoms with E-state index in [4.69, 9.17) is 4.74 Å². The largest absolute Gasteiger partial charge is 0.488 e. The summed E-state index contributed by atoms with van der Waals surface area (Å²) in [6, 6.07) is 5.28. The fourth-order valence-corrected chi connectivity index (χ4v) is 2.60. The molecule has 0 bridgehead atoms. The van der Waals surface area contributed by atoms with Gasteiger partial charge in [0.2, 0.25) is 5.91 Å². The van der Waals surface area contributed by atoms with E-state index in [0.29, 0.717) is 5.75 Å². The van der Waals surface area contributed by atoms with Crippen molar-refractivity contribution in [2.45, 2.75) is 32.0 Å². The van der Waals surface area contributed by atoms with Crippen LogP contribution in [0.3, 0.4) is 0 Å². The number of halogens is 1. The average Bonchev–Trinajstić information content (AvgIpc) is 2.81. The number of amides is 1. The number of hydrogen-bond acceptors (Lipinski definition) is 4. The molecule has 6 nitrogen and oxygen atoms in total. The zero-order valence-electron chi connectivity index (χ0n) is 12.5. The van der Waals surface area contributed by atoms with Crippen molar-refractivity contribution in [1.82, 2.24) is 14.9 Å². The number of nitrogens with one attached hydrogen (secondary N) is 1. The van der Waals surface area contributed by atoms with E-state index in [1.807, 2.05) is 6.92 Å². The van der Waals surface area contributed by atoms with Crippen molar-refractivity contribution in [1.29, 1.82) is 0 Å².